The van der Waals surface area contributed by atoms with Crippen LogP contribution in [0.25, 0.3) is 0 Å². The molecule has 106 valence electrons. The normalized spacial score (nSPS) is 12.9. The third-order valence-electron chi connectivity index (χ3n) is 2.20. The molecule has 0 aliphatic carbocycles. The maximum Gasteiger partial charge on any atom is 0.212 e. The molecule has 1 unspecified atom stereocenters. The van der Waals surface area contributed by atoms with Gasteiger partial charge in [0.2, 0.25) is 5.13 Å². The summed E-state index contributed by atoms with van der Waals surface area (Å²) in [5, 5.41) is 8.78. The minimum absolute atomic E-state index is 0.0151. The summed E-state index contributed by atoms with van der Waals surface area (Å²) in [6.07, 6.45) is 2.04. The molecule has 0 saturated carbocycles. The number of rotatable bonds is 5. The molecule has 0 aromatic carbocycles. The number of hydrogen-bond acceptors (Lipinski definition) is 5. The van der Waals surface area contributed by atoms with Gasteiger partial charge in [0.25, 0.3) is 0 Å². The second kappa shape index (κ2) is 7.85. The number of thioether (sulfide) groups is 1. The Morgan fingerprint density at radius 3 is 2.84 bits per heavy atom. The summed E-state index contributed by atoms with van der Waals surface area (Å²) < 4.78 is 0. The van der Waals surface area contributed by atoms with Crippen molar-refractivity contribution in [2.24, 2.45) is 21.5 Å². The Balaban J connectivity index is 2.86. The number of nitrogens with two attached hydrogens (primary N) is 2. The first-order chi connectivity index (χ1) is 9.10. The van der Waals surface area contributed by atoms with E-state index in [9.17, 15) is 0 Å². The molecule has 0 aliphatic rings. The molecular formula is C10H19N7S2. The van der Waals surface area contributed by atoms with Gasteiger partial charge in [0, 0.05) is 25.2 Å². The van der Waals surface area contributed by atoms with E-state index in [4.69, 9.17) is 11.5 Å². The van der Waals surface area contributed by atoms with Crippen molar-refractivity contribution in [2.75, 3.05) is 26.1 Å². The lowest BCUT2D eigenvalue weighted by molar-refractivity contribution is 0.691. The highest BCUT2D eigenvalue weighted by molar-refractivity contribution is 7.98. The maximum atomic E-state index is 5.34. The van der Waals surface area contributed by atoms with Crippen LogP contribution in [0.15, 0.2) is 15.4 Å². The number of thiazole rings is 1. The first kappa shape index (κ1) is 15.6. The van der Waals surface area contributed by atoms with Gasteiger partial charge in [-0.1, -0.05) is 0 Å². The Bertz CT molecular complexity index is 450. The molecule has 6 N–H and O–H groups in total. The third-order valence-corrected chi connectivity index (χ3v) is 3.62. The Labute approximate surface area is 121 Å². The van der Waals surface area contributed by atoms with Crippen LogP contribution in [0.4, 0.5) is 5.13 Å². The standard InChI is InChI=1S/C10H19N7S2/c1-13-9(14-2)15-6(4-18-3)7-5-19-10(16-7)17-8(11)12/h5-6H,4H2,1-3H3,(H2,13,14,15)(H4,11,12,16,17). The summed E-state index contributed by atoms with van der Waals surface area (Å²) in [6, 6.07) is 0.0559. The first-order valence-electron chi connectivity index (χ1n) is 5.55. The second-order valence-corrected chi connectivity index (χ2v) is 5.31. The zero-order valence-corrected chi connectivity index (χ0v) is 12.8. The lowest BCUT2D eigenvalue weighted by Gasteiger charge is -2.17. The molecule has 0 radical (unpaired) electrons. The summed E-state index contributed by atoms with van der Waals surface area (Å²) in [6.45, 7) is 0. The van der Waals surface area contributed by atoms with Gasteiger partial charge in [-0.3, -0.25) is 4.99 Å². The number of aliphatic imine (C=N–C) groups is 2. The van der Waals surface area contributed by atoms with Gasteiger partial charge in [0.05, 0.1) is 11.7 Å². The Kier molecular flexibility index (Phi) is 6.43. The molecule has 7 nitrogen and oxygen atoms in total. The lowest BCUT2D eigenvalue weighted by atomic mass is 10.2. The SMILES string of the molecule is CN=C(NC)NC(CSC)c1csc(N=C(N)N)n1. The average Bonchev–Trinajstić information content (AvgIpc) is 2.82. The number of aromatic nitrogens is 1. The van der Waals surface area contributed by atoms with Crippen LogP contribution in [0.1, 0.15) is 11.7 Å². The van der Waals surface area contributed by atoms with Gasteiger partial charge < -0.3 is 22.1 Å². The molecule has 1 aromatic heterocycles. The van der Waals surface area contributed by atoms with E-state index >= 15 is 0 Å². The fourth-order valence-electron chi connectivity index (χ4n) is 1.38. The van der Waals surface area contributed by atoms with E-state index in [1.54, 1.807) is 18.8 Å². The van der Waals surface area contributed by atoms with E-state index in [2.05, 4.69) is 25.6 Å². The van der Waals surface area contributed by atoms with Crippen LogP contribution < -0.4 is 22.1 Å². The van der Waals surface area contributed by atoms with Gasteiger partial charge in [0.15, 0.2) is 11.9 Å². The fraction of sp³-hybridized carbons (Fsp3) is 0.500. The zero-order valence-electron chi connectivity index (χ0n) is 11.2. The van der Waals surface area contributed by atoms with Crippen molar-refractivity contribution in [3.8, 4) is 0 Å². The van der Waals surface area contributed by atoms with Crippen molar-refractivity contribution >= 4 is 40.1 Å². The molecule has 9 heteroatoms. The number of guanidine groups is 2. The molecule has 1 atom stereocenters. The minimum Gasteiger partial charge on any atom is -0.370 e. The van der Waals surface area contributed by atoms with E-state index in [0.717, 1.165) is 17.4 Å². The van der Waals surface area contributed by atoms with Gasteiger partial charge >= 0.3 is 0 Å². The van der Waals surface area contributed by atoms with Crippen LogP contribution in [0.3, 0.4) is 0 Å². The van der Waals surface area contributed by atoms with Crippen LogP contribution in [0.5, 0.6) is 0 Å². The van der Waals surface area contributed by atoms with Gasteiger partial charge in [-0.2, -0.15) is 16.8 Å². The Morgan fingerprint density at radius 1 is 1.58 bits per heavy atom. The van der Waals surface area contributed by atoms with Gasteiger partial charge in [0.1, 0.15) is 0 Å². The van der Waals surface area contributed by atoms with Crippen LogP contribution in [-0.2, 0) is 0 Å². The molecule has 0 saturated heterocycles. The highest BCUT2D eigenvalue weighted by Crippen LogP contribution is 2.24. The molecule has 0 spiro atoms. The predicted molar refractivity (Wildman–Crippen MR) is 84.3 cm³/mol. The number of nitrogens with one attached hydrogen (secondary N) is 2. The van der Waals surface area contributed by atoms with Crippen molar-refractivity contribution in [3.05, 3.63) is 11.1 Å². The van der Waals surface area contributed by atoms with Crippen LogP contribution in [0.2, 0.25) is 0 Å². The highest BCUT2D eigenvalue weighted by Gasteiger charge is 2.15. The molecule has 19 heavy (non-hydrogen) atoms. The molecule has 1 rings (SSSR count). The summed E-state index contributed by atoms with van der Waals surface area (Å²) in [5.74, 6) is 1.60. The summed E-state index contributed by atoms with van der Waals surface area (Å²) in [5.41, 5.74) is 11.6. The predicted octanol–water partition coefficient (Wildman–Crippen LogP) is 0.247. The van der Waals surface area contributed by atoms with E-state index < -0.39 is 0 Å². The summed E-state index contributed by atoms with van der Waals surface area (Å²) in [4.78, 5) is 12.4. The molecule has 0 amide bonds. The molecular weight excluding hydrogens is 282 g/mol. The maximum absolute atomic E-state index is 5.34. The summed E-state index contributed by atoms with van der Waals surface area (Å²) >= 11 is 3.13. The Morgan fingerprint density at radius 2 is 2.32 bits per heavy atom. The van der Waals surface area contributed by atoms with Crippen LogP contribution in [-0.4, -0.2) is 43.0 Å². The van der Waals surface area contributed by atoms with Crippen molar-refractivity contribution < 1.29 is 0 Å². The van der Waals surface area contributed by atoms with Crippen LogP contribution >= 0.6 is 23.1 Å². The van der Waals surface area contributed by atoms with Gasteiger partial charge in [-0.15, -0.1) is 11.3 Å². The number of nitrogens with zero attached hydrogens (tertiary/aromatic N) is 3. The first-order valence-corrected chi connectivity index (χ1v) is 7.83. The minimum atomic E-state index is 0.0151. The zero-order chi connectivity index (χ0) is 14.3. The van der Waals surface area contributed by atoms with Gasteiger partial charge in [-0.05, 0) is 6.26 Å². The Hall–Kier alpha value is -1.48. The van der Waals surface area contributed by atoms with E-state index in [0.29, 0.717) is 5.13 Å². The average molecular weight is 301 g/mol. The number of hydrogen-bond donors (Lipinski definition) is 4. The van der Waals surface area contributed by atoms with Crippen molar-refractivity contribution in [1.82, 2.24) is 15.6 Å². The second-order valence-electron chi connectivity index (χ2n) is 3.57. The molecule has 1 heterocycles. The molecule has 0 fully saturated rings. The lowest BCUT2D eigenvalue weighted by Crippen LogP contribution is -2.38. The van der Waals surface area contributed by atoms with Crippen molar-refractivity contribution in [1.29, 1.82) is 0 Å². The topological polar surface area (TPSA) is 114 Å². The third kappa shape index (κ3) is 4.95. The largest absolute Gasteiger partial charge is 0.370 e. The van der Waals surface area contributed by atoms with Crippen LogP contribution in [0, 0.1) is 0 Å². The van der Waals surface area contributed by atoms with Crippen molar-refractivity contribution in [2.45, 2.75) is 6.04 Å². The molecule has 1 aromatic rings. The van der Waals surface area contributed by atoms with Crippen molar-refractivity contribution in [3.63, 3.8) is 0 Å². The summed E-state index contributed by atoms with van der Waals surface area (Å²) in [7, 11) is 3.54. The quantitative estimate of drug-likeness (QED) is 0.458. The monoisotopic (exact) mass is 301 g/mol. The smallest absolute Gasteiger partial charge is 0.212 e. The van der Waals surface area contributed by atoms with Gasteiger partial charge in [-0.25, -0.2) is 4.98 Å². The van der Waals surface area contributed by atoms with E-state index in [-0.39, 0.29) is 12.0 Å². The van der Waals surface area contributed by atoms with E-state index in [1.807, 2.05) is 18.7 Å². The van der Waals surface area contributed by atoms with E-state index in [1.165, 1.54) is 11.3 Å². The highest BCUT2D eigenvalue weighted by atomic mass is 32.2. The molecule has 0 bridgehead atoms. The fourth-order valence-corrected chi connectivity index (χ4v) is 2.73. The molecule has 0 aliphatic heterocycles.